The molecular formula is C22H15BrN2O. The van der Waals surface area contributed by atoms with Crippen molar-refractivity contribution in [2.24, 2.45) is 0 Å². The molecule has 5 rings (SSSR count). The van der Waals surface area contributed by atoms with E-state index in [0.717, 1.165) is 38.0 Å². The fourth-order valence-corrected chi connectivity index (χ4v) is 4.00. The molecule has 0 unspecified atom stereocenters. The molecule has 0 aliphatic rings. The lowest BCUT2D eigenvalue weighted by Crippen LogP contribution is -1.86. The summed E-state index contributed by atoms with van der Waals surface area (Å²) in [6.45, 7) is 0. The highest BCUT2D eigenvalue weighted by molar-refractivity contribution is 9.10. The van der Waals surface area contributed by atoms with Crippen molar-refractivity contribution in [3.8, 4) is 17.1 Å². The molecule has 1 aromatic heterocycles. The highest BCUT2D eigenvalue weighted by Gasteiger charge is 2.15. The van der Waals surface area contributed by atoms with E-state index in [4.69, 9.17) is 9.72 Å². The molecule has 26 heavy (non-hydrogen) atoms. The molecule has 0 aliphatic carbocycles. The third-order valence-electron chi connectivity index (χ3n) is 4.80. The summed E-state index contributed by atoms with van der Waals surface area (Å²) in [4.78, 5) is 8.50. The Hall–Kier alpha value is -2.85. The normalized spacial score (nSPS) is 11.5. The molecule has 126 valence electrons. The number of ether oxygens (including phenoxy) is 1. The zero-order valence-electron chi connectivity index (χ0n) is 14.1. The number of H-pyrrole nitrogens is 1. The summed E-state index contributed by atoms with van der Waals surface area (Å²) >= 11 is 3.64. The van der Waals surface area contributed by atoms with Crippen LogP contribution in [0.15, 0.2) is 71.2 Å². The molecule has 1 heterocycles. The van der Waals surface area contributed by atoms with Gasteiger partial charge in [0, 0.05) is 20.8 Å². The molecule has 4 heteroatoms. The number of hydrogen-bond acceptors (Lipinski definition) is 2. The van der Waals surface area contributed by atoms with Gasteiger partial charge in [0.25, 0.3) is 0 Å². The fourth-order valence-electron chi connectivity index (χ4n) is 3.56. The Morgan fingerprint density at radius 2 is 1.50 bits per heavy atom. The van der Waals surface area contributed by atoms with Crippen LogP contribution in [0.2, 0.25) is 0 Å². The van der Waals surface area contributed by atoms with Gasteiger partial charge in [-0.25, -0.2) is 4.98 Å². The van der Waals surface area contributed by atoms with Crippen LogP contribution in [0, 0.1) is 0 Å². The summed E-state index contributed by atoms with van der Waals surface area (Å²) in [5.41, 5.74) is 3.03. The van der Waals surface area contributed by atoms with Gasteiger partial charge >= 0.3 is 0 Å². The number of nitrogens with one attached hydrogen (secondary N) is 1. The van der Waals surface area contributed by atoms with Crippen LogP contribution in [0.4, 0.5) is 0 Å². The predicted molar refractivity (Wildman–Crippen MR) is 111 cm³/mol. The molecule has 5 aromatic rings. The van der Waals surface area contributed by atoms with Crippen LogP contribution >= 0.6 is 15.9 Å². The first kappa shape index (κ1) is 15.4. The Bertz CT molecular complexity index is 1220. The molecular weight excluding hydrogens is 388 g/mol. The monoisotopic (exact) mass is 402 g/mol. The SMILES string of the molecule is COc1ccc(Br)c(-c2nc3c4ccccc4c4ccccc4c3[nH]2)c1. The van der Waals surface area contributed by atoms with Crippen LogP contribution in [-0.2, 0) is 0 Å². The zero-order chi connectivity index (χ0) is 17.7. The molecule has 0 atom stereocenters. The Kier molecular flexibility index (Phi) is 3.47. The molecule has 0 amide bonds. The number of aromatic amines is 1. The van der Waals surface area contributed by atoms with Crippen LogP contribution < -0.4 is 4.74 Å². The zero-order valence-corrected chi connectivity index (χ0v) is 15.7. The molecule has 0 spiro atoms. The first-order valence-corrected chi connectivity index (χ1v) is 9.18. The molecule has 1 N–H and O–H groups in total. The molecule has 0 saturated heterocycles. The van der Waals surface area contributed by atoms with Crippen molar-refractivity contribution in [3.63, 3.8) is 0 Å². The number of methoxy groups -OCH3 is 1. The van der Waals surface area contributed by atoms with E-state index in [-0.39, 0.29) is 0 Å². The molecule has 0 saturated carbocycles. The van der Waals surface area contributed by atoms with E-state index in [0.29, 0.717) is 0 Å². The largest absolute Gasteiger partial charge is 0.497 e. The van der Waals surface area contributed by atoms with Crippen LogP contribution in [0.3, 0.4) is 0 Å². The van der Waals surface area contributed by atoms with E-state index in [1.54, 1.807) is 7.11 Å². The molecule has 0 radical (unpaired) electrons. The first-order valence-electron chi connectivity index (χ1n) is 8.39. The maximum atomic E-state index is 5.38. The fraction of sp³-hybridized carbons (Fsp3) is 0.0455. The number of benzene rings is 4. The maximum Gasteiger partial charge on any atom is 0.139 e. The molecule has 3 nitrogen and oxygen atoms in total. The Labute approximate surface area is 158 Å². The Morgan fingerprint density at radius 1 is 0.846 bits per heavy atom. The van der Waals surface area contributed by atoms with Gasteiger partial charge in [-0.2, -0.15) is 0 Å². The van der Waals surface area contributed by atoms with Crippen LogP contribution in [0.25, 0.3) is 44.0 Å². The number of halogens is 1. The van der Waals surface area contributed by atoms with Gasteiger partial charge in [-0.05, 0) is 29.0 Å². The molecule has 4 aromatic carbocycles. The molecule has 0 aliphatic heterocycles. The van der Waals surface area contributed by atoms with Gasteiger partial charge in [0.05, 0.1) is 18.1 Å². The van der Waals surface area contributed by atoms with Gasteiger partial charge in [0.1, 0.15) is 11.6 Å². The Balaban J connectivity index is 1.91. The summed E-state index contributed by atoms with van der Waals surface area (Å²) in [5, 5.41) is 4.79. The average molecular weight is 403 g/mol. The predicted octanol–water partition coefficient (Wildman–Crippen LogP) is 6.31. The lowest BCUT2D eigenvalue weighted by molar-refractivity contribution is 0.415. The van der Waals surface area contributed by atoms with Gasteiger partial charge in [0.2, 0.25) is 0 Å². The van der Waals surface area contributed by atoms with Crippen molar-refractivity contribution in [1.82, 2.24) is 9.97 Å². The summed E-state index contributed by atoms with van der Waals surface area (Å²) < 4.78 is 6.36. The topological polar surface area (TPSA) is 37.9 Å². The quantitative estimate of drug-likeness (QED) is 0.351. The summed E-state index contributed by atoms with van der Waals surface area (Å²) in [6, 6.07) is 22.8. The smallest absolute Gasteiger partial charge is 0.139 e. The highest BCUT2D eigenvalue weighted by atomic mass is 79.9. The van der Waals surface area contributed by atoms with Crippen LogP contribution in [-0.4, -0.2) is 17.1 Å². The van der Waals surface area contributed by atoms with Crippen LogP contribution in [0.1, 0.15) is 0 Å². The van der Waals surface area contributed by atoms with E-state index in [9.17, 15) is 0 Å². The van der Waals surface area contributed by atoms with Crippen LogP contribution in [0.5, 0.6) is 5.75 Å². The van der Waals surface area contributed by atoms with Crippen molar-refractivity contribution < 1.29 is 4.74 Å². The summed E-state index contributed by atoms with van der Waals surface area (Å²) in [5.74, 6) is 1.63. The van der Waals surface area contributed by atoms with Gasteiger partial charge in [0.15, 0.2) is 0 Å². The second-order valence-electron chi connectivity index (χ2n) is 6.25. The van der Waals surface area contributed by atoms with Gasteiger partial charge in [-0.3, -0.25) is 0 Å². The van der Waals surface area contributed by atoms with E-state index in [1.165, 1.54) is 16.2 Å². The number of hydrogen-bond donors (Lipinski definition) is 1. The second kappa shape index (κ2) is 5.85. The van der Waals surface area contributed by atoms with Crippen molar-refractivity contribution in [2.75, 3.05) is 7.11 Å². The minimum atomic E-state index is 0.804. The van der Waals surface area contributed by atoms with E-state index in [2.05, 4.69) is 69.4 Å². The third-order valence-corrected chi connectivity index (χ3v) is 5.49. The van der Waals surface area contributed by atoms with Crippen molar-refractivity contribution in [2.45, 2.75) is 0 Å². The van der Waals surface area contributed by atoms with Crippen molar-refractivity contribution in [3.05, 3.63) is 71.2 Å². The van der Waals surface area contributed by atoms with Gasteiger partial charge in [-0.1, -0.05) is 64.5 Å². The highest BCUT2D eigenvalue weighted by Crippen LogP contribution is 2.37. The number of rotatable bonds is 2. The summed E-state index contributed by atoms with van der Waals surface area (Å²) in [7, 11) is 1.67. The summed E-state index contributed by atoms with van der Waals surface area (Å²) in [6.07, 6.45) is 0. The van der Waals surface area contributed by atoms with Gasteiger partial charge < -0.3 is 9.72 Å². The molecule has 0 fully saturated rings. The van der Waals surface area contributed by atoms with Crippen molar-refractivity contribution in [1.29, 1.82) is 0 Å². The third kappa shape index (κ3) is 2.22. The number of imidazole rings is 1. The number of aromatic nitrogens is 2. The average Bonchev–Trinajstić information content (AvgIpc) is 3.14. The minimum Gasteiger partial charge on any atom is -0.497 e. The standard InChI is InChI=1S/C22H15BrN2O/c1-26-13-10-11-19(23)18(12-13)22-24-20-16-8-4-2-6-14(16)15-7-3-5-9-17(15)21(20)25-22/h2-12H,1H3,(H,24,25). The first-order chi connectivity index (χ1) is 12.8. The lowest BCUT2D eigenvalue weighted by Gasteiger charge is -2.05. The minimum absolute atomic E-state index is 0.804. The molecule has 0 bridgehead atoms. The number of fused-ring (bicyclic) bond motifs is 6. The van der Waals surface area contributed by atoms with Gasteiger partial charge in [-0.15, -0.1) is 0 Å². The van der Waals surface area contributed by atoms with E-state index in [1.807, 2.05) is 18.2 Å². The Morgan fingerprint density at radius 3 is 2.23 bits per heavy atom. The van der Waals surface area contributed by atoms with Crippen molar-refractivity contribution >= 4 is 48.5 Å². The maximum absolute atomic E-state index is 5.38. The van der Waals surface area contributed by atoms with E-state index >= 15 is 0 Å². The van der Waals surface area contributed by atoms with E-state index < -0.39 is 0 Å². The number of nitrogens with zero attached hydrogens (tertiary/aromatic N) is 1. The lowest BCUT2D eigenvalue weighted by atomic mass is 10.0. The second-order valence-corrected chi connectivity index (χ2v) is 7.10.